The molecular weight excluding hydrogens is 407 g/mol. The number of hydrogen-bond donors (Lipinski definition) is 1. The van der Waals surface area contributed by atoms with E-state index in [4.69, 9.17) is 0 Å². The highest BCUT2D eigenvalue weighted by molar-refractivity contribution is 6.09. The molecule has 2 heterocycles. The molecule has 4 rings (SSSR count). The first kappa shape index (κ1) is 21.6. The van der Waals surface area contributed by atoms with E-state index in [0.717, 1.165) is 32.1 Å². The summed E-state index contributed by atoms with van der Waals surface area (Å²) in [6.45, 7) is 0. The lowest BCUT2D eigenvalue weighted by Gasteiger charge is -2.33. The molecule has 0 spiro atoms. The molecule has 0 saturated heterocycles. The molecular formula is C25H25FN4O2. The van der Waals surface area contributed by atoms with E-state index < -0.39 is 17.8 Å². The number of anilines is 1. The number of halogens is 1. The molecule has 2 aromatic heterocycles. The third-order valence-corrected chi connectivity index (χ3v) is 5.67. The maximum atomic E-state index is 13.7. The zero-order chi connectivity index (χ0) is 22.3. The van der Waals surface area contributed by atoms with E-state index in [2.05, 4.69) is 15.3 Å². The number of benzene rings is 1. The summed E-state index contributed by atoms with van der Waals surface area (Å²) in [4.78, 5) is 36.9. The Morgan fingerprint density at radius 2 is 1.75 bits per heavy atom. The summed E-state index contributed by atoms with van der Waals surface area (Å²) in [5.74, 6) is -1.16. The average Bonchev–Trinajstić information content (AvgIpc) is 2.84. The number of pyridine rings is 2. The number of carbonyl (C=O) groups excluding carboxylic acids is 2. The third-order valence-electron chi connectivity index (χ3n) is 5.67. The summed E-state index contributed by atoms with van der Waals surface area (Å²) < 4.78 is 13.7. The fraction of sp³-hybridized carbons (Fsp3) is 0.280. The largest absolute Gasteiger partial charge is 0.351 e. The van der Waals surface area contributed by atoms with Crippen molar-refractivity contribution in [2.24, 2.45) is 0 Å². The normalized spacial score (nSPS) is 15.0. The van der Waals surface area contributed by atoms with Crippen LogP contribution in [-0.2, 0) is 4.79 Å². The molecule has 1 fully saturated rings. The Morgan fingerprint density at radius 1 is 0.969 bits per heavy atom. The zero-order valence-corrected chi connectivity index (χ0v) is 17.7. The highest BCUT2D eigenvalue weighted by Crippen LogP contribution is 2.30. The van der Waals surface area contributed by atoms with Gasteiger partial charge in [0.15, 0.2) is 0 Å². The lowest BCUT2D eigenvalue weighted by Crippen LogP contribution is -2.47. The molecule has 0 radical (unpaired) electrons. The van der Waals surface area contributed by atoms with E-state index in [0.29, 0.717) is 11.3 Å². The van der Waals surface area contributed by atoms with E-state index in [9.17, 15) is 14.0 Å². The number of rotatable bonds is 6. The van der Waals surface area contributed by atoms with Gasteiger partial charge in [0.05, 0.1) is 11.9 Å². The Hall–Kier alpha value is -3.61. The van der Waals surface area contributed by atoms with Crippen molar-refractivity contribution < 1.29 is 14.0 Å². The molecule has 1 N–H and O–H groups in total. The fourth-order valence-electron chi connectivity index (χ4n) is 4.08. The van der Waals surface area contributed by atoms with Crippen molar-refractivity contribution >= 4 is 17.5 Å². The van der Waals surface area contributed by atoms with Crippen molar-refractivity contribution in [1.82, 2.24) is 15.3 Å². The first-order valence-corrected chi connectivity index (χ1v) is 10.8. The van der Waals surface area contributed by atoms with Crippen molar-refractivity contribution in [3.05, 3.63) is 90.3 Å². The predicted octanol–water partition coefficient (Wildman–Crippen LogP) is 4.45. The molecule has 0 aliphatic heterocycles. The van der Waals surface area contributed by atoms with Crippen LogP contribution in [0.3, 0.4) is 0 Å². The first-order valence-electron chi connectivity index (χ1n) is 10.8. The van der Waals surface area contributed by atoms with Gasteiger partial charge in [0, 0.05) is 18.4 Å². The maximum Gasteiger partial charge on any atom is 0.277 e. The number of nitrogens with one attached hydrogen (secondary N) is 1. The Balaban J connectivity index is 1.77. The highest BCUT2D eigenvalue weighted by atomic mass is 19.1. The van der Waals surface area contributed by atoms with Gasteiger partial charge in [-0.2, -0.15) is 0 Å². The summed E-state index contributed by atoms with van der Waals surface area (Å²) in [7, 11) is 0. The average molecular weight is 432 g/mol. The summed E-state index contributed by atoms with van der Waals surface area (Å²) in [6.07, 6.45) is 9.76. The van der Waals surface area contributed by atoms with Crippen LogP contribution in [0.5, 0.6) is 0 Å². The van der Waals surface area contributed by atoms with Crippen LogP contribution in [0.15, 0.2) is 73.2 Å². The van der Waals surface area contributed by atoms with E-state index in [-0.39, 0.29) is 17.6 Å². The van der Waals surface area contributed by atoms with Gasteiger partial charge in [-0.3, -0.25) is 24.5 Å². The van der Waals surface area contributed by atoms with Crippen molar-refractivity contribution in [1.29, 1.82) is 0 Å². The van der Waals surface area contributed by atoms with Crippen LogP contribution >= 0.6 is 0 Å². The molecule has 6 nitrogen and oxygen atoms in total. The number of hydrogen-bond acceptors (Lipinski definition) is 4. The smallest absolute Gasteiger partial charge is 0.277 e. The lowest BCUT2D eigenvalue weighted by molar-refractivity contribution is -0.123. The minimum atomic E-state index is -1.00. The monoisotopic (exact) mass is 432 g/mol. The van der Waals surface area contributed by atoms with Crippen LogP contribution < -0.4 is 10.2 Å². The summed E-state index contributed by atoms with van der Waals surface area (Å²) in [5.41, 5.74) is 1.16. The van der Waals surface area contributed by atoms with E-state index in [1.807, 2.05) is 0 Å². The van der Waals surface area contributed by atoms with Gasteiger partial charge in [0.2, 0.25) is 5.91 Å². The van der Waals surface area contributed by atoms with E-state index in [1.165, 1.54) is 41.6 Å². The first-order chi connectivity index (χ1) is 15.6. The SMILES string of the molecule is O=C(NC1CCCCC1)C(c1ccc(F)cc1)N(C(=O)c1ccccn1)c1cccnc1. The van der Waals surface area contributed by atoms with Gasteiger partial charge in [-0.05, 0) is 54.8 Å². The summed E-state index contributed by atoms with van der Waals surface area (Å²) in [6, 6.07) is 13.2. The van der Waals surface area contributed by atoms with E-state index in [1.54, 1.807) is 36.5 Å². The van der Waals surface area contributed by atoms with Gasteiger partial charge in [0.25, 0.3) is 5.91 Å². The minimum absolute atomic E-state index is 0.0555. The number of nitrogens with zero attached hydrogens (tertiary/aromatic N) is 3. The van der Waals surface area contributed by atoms with Gasteiger partial charge in [-0.15, -0.1) is 0 Å². The van der Waals surface area contributed by atoms with Gasteiger partial charge in [-0.1, -0.05) is 37.5 Å². The topological polar surface area (TPSA) is 75.2 Å². The molecule has 1 aromatic carbocycles. The van der Waals surface area contributed by atoms with Crippen molar-refractivity contribution in [3.8, 4) is 0 Å². The van der Waals surface area contributed by atoms with Crippen molar-refractivity contribution in [2.75, 3.05) is 4.90 Å². The van der Waals surface area contributed by atoms with Crippen LogP contribution in [0, 0.1) is 5.82 Å². The Bertz CT molecular complexity index is 1040. The predicted molar refractivity (Wildman–Crippen MR) is 119 cm³/mol. The second kappa shape index (κ2) is 10.1. The highest BCUT2D eigenvalue weighted by Gasteiger charge is 2.35. The van der Waals surface area contributed by atoms with Crippen molar-refractivity contribution in [2.45, 2.75) is 44.2 Å². The Morgan fingerprint density at radius 3 is 2.41 bits per heavy atom. The fourth-order valence-corrected chi connectivity index (χ4v) is 4.08. The van der Waals surface area contributed by atoms with Gasteiger partial charge < -0.3 is 5.32 Å². The molecule has 164 valence electrons. The molecule has 1 saturated carbocycles. The molecule has 2 amide bonds. The zero-order valence-electron chi connectivity index (χ0n) is 17.7. The summed E-state index contributed by atoms with van der Waals surface area (Å²) in [5, 5.41) is 3.12. The molecule has 7 heteroatoms. The van der Waals surface area contributed by atoms with Gasteiger partial charge in [0.1, 0.15) is 17.6 Å². The second-order valence-electron chi connectivity index (χ2n) is 7.90. The quantitative estimate of drug-likeness (QED) is 0.624. The van der Waals surface area contributed by atoms with Crippen LogP contribution in [0.4, 0.5) is 10.1 Å². The maximum absolute atomic E-state index is 13.7. The molecule has 1 aliphatic carbocycles. The molecule has 1 unspecified atom stereocenters. The number of amides is 2. The van der Waals surface area contributed by atoms with Gasteiger partial charge >= 0.3 is 0 Å². The lowest BCUT2D eigenvalue weighted by atomic mass is 9.94. The Labute approximate surface area is 186 Å². The summed E-state index contributed by atoms with van der Waals surface area (Å²) >= 11 is 0. The molecule has 1 atom stereocenters. The van der Waals surface area contributed by atoms with Gasteiger partial charge in [-0.25, -0.2) is 4.39 Å². The second-order valence-corrected chi connectivity index (χ2v) is 7.90. The molecule has 1 aliphatic rings. The minimum Gasteiger partial charge on any atom is -0.351 e. The standard InChI is InChI=1S/C25H25FN4O2/c26-19-13-11-18(12-14-19)23(24(31)29-20-7-2-1-3-8-20)30(21-9-6-15-27-17-21)25(32)22-10-4-5-16-28-22/h4-6,9-17,20,23H,1-3,7-8H2,(H,29,31). The number of carbonyl (C=O) groups is 2. The van der Waals surface area contributed by atoms with E-state index >= 15 is 0 Å². The van der Waals surface area contributed by atoms with Crippen LogP contribution in [0.25, 0.3) is 0 Å². The van der Waals surface area contributed by atoms with Crippen LogP contribution in [0.1, 0.15) is 54.2 Å². The van der Waals surface area contributed by atoms with Crippen molar-refractivity contribution in [3.63, 3.8) is 0 Å². The Kier molecular flexibility index (Phi) is 6.84. The number of aromatic nitrogens is 2. The third kappa shape index (κ3) is 4.99. The van der Waals surface area contributed by atoms with Crippen LogP contribution in [-0.4, -0.2) is 27.8 Å². The van der Waals surface area contributed by atoms with Crippen LogP contribution in [0.2, 0.25) is 0 Å². The molecule has 0 bridgehead atoms. The molecule has 32 heavy (non-hydrogen) atoms. The molecule has 3 aromatic rings.